The molecule has 1 aromatic heterocycles. The predicted molar refractivity (Wildman–Crippen MR) is 74.6 cm³/mol. The predicted octanol–water partition coefficient (Wildman–Crippen LogP) is 4.70. The van der Waals surface area contributed by atoms with Gasteiger partial charge in [-0.1, -0.05) is 36.4 Å². The molecule has 3 heteroatoms. The van der Waals surface area contributed by atoms with Crippen molar-refractivity contribution < 1.29 is 0 Å². The third-order valence-corrected chi connectivity index (χ3v) is 4.17. The van der Waals surface area contributed by atoms with Crippen LogP contribution >= 0.6 is 22.9 Å². The Kier molecular flexibility index (Phi) is 2.83. The maximum Gasteiger partial charge on any atom is 0.123 e. The molecule has 0 aliphatic heterocycles. The summed E-state index contributed by atoms with van der Waals surface area (Å²) in [7, 11) is 0. The Labute approximate surface area is 109 Å². The lowest BCUT2D eigenvalue weighted by Crippen LogP contribution is -1.76. The fourth-order valence-corrected chi connectivity index (χ4v) is 2.82. The lowest BCUT2D eigenvalue weighted by Gasteiger charge is -2.00. The molecule has 0 atom stereocenters. The van der Waals surface area contributed by atoms with Crippen LogP contribution in [0.4, 0.5) is 0 Å². The van der Waals surface area contributed by atoms with E-state index in [4.69, 9.17) is 11.6 Å². The van der Waals surface area contributed by atoms with Crippen molar-refractivity contribution in [2.75, 3.05) is 0 Å². The van der Waals surface area contributed by atoms with E-state index < -0.39 is 0 Å². The van der Waals surface area contributed by atoms with Gasteiger partial charge in [-0.2, -0.15) is 0 Å². The van der Waals surface area contributed by atoms with Gasteiger partial charge in [-0.15, -0.1) is 22.9 Å². The topological polar surface area (TPSA) is 12.9 Å². The molecule has 0 fully saturated rings. The molecule has 0 aliphatic carbocycles. The third-order valence-electron chi connectivity index (χ3n) is 2.68. The van der Waals surface area contributed by atoms with Crippen LogP contribution in [-0.4, -0.2) is 4.98 Å². The monoisotopic (exact) mass is 259 g/mol. The number of fused-ring (bicyclic) bond motifs is 1. The first-order chi connectivity index (χ1) is 8.36. The van der Waals surface area contributed by atoms with Crippen molar-refractivity contribution in [2.24, 2.45) is 0 Å². The van der Waals surface area contributed by atoms with Crippen LogP contribution in [-0.2, 0) is 5.88 Å². The molecule has 0 bridgehead atoms. The summed E-state index contributed by atoms with van der Waals surface area (Å²) in [6, 6.07) is 14.8. The maximum atomic E-state index is 5.79. The highest BCUT2D eigenvalue weighted by atomic mass is 35.5. The van der Waals surface area contributed by atoms with Crippen molar-refractivity contribution in [3.8, 4) is 10.6 Å². The zero-order chi connectivity index (χ0) is 11.7. The second kappa shape index (κ2) is 4.47. The number of alkyl halides is 1. The highest BCUT2D eigenvalue weighted by molar-refractivity contribution is 7.15. The van der Waals surface area contributed by atoms with Crippen molar-refractivity contribution in [3.63, 3.8) is 0 Å². The Balaban J connectivity index is 2.11. The molecule has 0 saturated carbocycles. The SMILES string of the molecule is ClCc1cnc(-c2ccc3ccccc3c2)s1. The number of benzene rings is 2. The average molecular weight is 260 g/mol. The first-order valence-electron chi connectivity index (χ1n) is 5.36. The first kappa shape index (κ1) is 10.8. The first-order valence-corrected chi connectivity index (χ1v) is 6.72. The van der Waals surface area contributed by atoms with Gasteiger partial charge in [-0.3, -0.25) is 0 Å². The molecule has 3 aromatic rings. The van der Waals surface area contributed by atoms with Crippen molar-refractivity contribution in [3.05, 3.63) is 53.5 Å². The number of thiazole rings is 1. The minimum atomic E-state index is 0.533. The smallest absolute Gasteiger partial charge is 0.123 e. The van der Waals surface area contributed by atoms with Crippen LogP contribution in [0.2, 0.25) is 0 Å². The van der Waals surface area contributed by atoms with Gasteiger partial charge in [0, 0.05) is 16.6 Å². The van der Waals surface area contributed by atoms with E-state index in [0.717, 1.165) is 15.4 Å². The summed E-state index contributed by atoms with van der Waals surface area (Å²) < 4.78 is 0. The molecule has 0 saturated heterocycles. The molecule has 0 N–H and O–H groups in total. The molecule has 3 rings (SSSR count). The molecule has 0 amide bonds. The van der Waals surface area contributed by atoms with Gasteiger partial charge in [0.1, 0.15) is 5.01 Å². The lowest BCUT2D eigenvalue weighted by molar-refractivity contribution is 1.36. The molecule has 84 valence electrons. The molecule has 1 nitrogen and oxygen atoms in total. The summed E-state index contributed by atoms with van der Waals surface area (Å²) in [5.41, 5.74) is 1.16. The standard InChI is InChI=1S/C14H10ClNS/c15-8-13-9-16-14(17-13)12-6-5-10-3-1-2-4-11(10)7-12/h1-7,9H,8H2. The summed E-state index contributed by atoms with van der Waals surface area (Å²) in [4.78, 5) is 5.50. The van der Waals surface area contributed by atoms with Crippen LogP contribution < -0.4 is 0 Å². The van der Waals surface area contributed by atoms with Gasteiger partial charge in [-0.25, -0.2) is 4.98 Å². The van der Waals surface area contributed by atoms with Crippen molar-refractivity contribution in [1.82, 2.24) is 4.98 Å². The van der Waals surface area contributed by atoms with Crippen molar-refractivity contribution in [1.29, 1.82) is 0 Å². The van der Waals surface area contributed by atoms with E-state index in [1.165, 1.54) is 10.8 Å². The van der Waals surface area contributed by atoms with Gasteiger partial charge in [-0.05, 0) is 16.8 Å². The van der Waals surface area contributed by atoms with Crippen molar-refractivity contribution >= 4 is 33.7 Å². The Morgan fingerprint density at radius 3 is 2.65 bits per heavy atom. The van der Waals surface area contributed by atoms with E-state index >= 15 is 0 Å². The summed E-state index contributed by atoms with van der Waals surface area (Å²) in [5, 5.41) is 3.53. The average Bonchev–Trinajstić information content (AvgIpc) is 2.87. The Morgan fingerprint density at radius 1 is 1.06 bits per heavy atom. The molecule has 0 unspecified atom stereocenters. The van der Waals surface area contributed by atoms with Gasteiger partial charge < -0.3 is 0 Å². The van der Waals surface area contributed by atoms with Crippen LogP contribution in [0.1, 0.15) is 4.88 Å². The third kappa shape index (κ3) is 2.06. The van der Waals surface area contributed by atoms with E-state index in [1.807, 2.05) is 6.20 Å². The fraction of sp³-hybridized carbons (Fsp3) is 0.0714. The van der Waals surface area contributed by atoms with Gasteiger partial charge in [0.15, 0.2) is 0 Å². The normalized spacial score (nSPS) is 10.9. The van der Waals surface area contributed by atoms with Gasteiger partial charge in [0.2, 0.25) is 0 Å². The summed E-state index contributed by atoms with van der Waals surface area (Å²) >= 11 is 7.44. The van der Waals surface area contributed by atoms with Crippen molar-refractivity contribution in [2.45, 2.75) is 5.88 Å². The summed E-state index contributed by atoms with van der Waals surface area (Å²) in [6.07, 6.45) is 1.85. The van der Waals surface area contributed by atoms with Gasteiger partial charge >= 0.3 is 0 Å². The number of hydrogen-bond donors (Lipinski definition) is 0. The molecule has 0 spiro atoms. The number of nitrogens with zero attached hydrogens (tertiary/aromatic N) is 1. The number of hydrogen-bond acceptors (Lipinski definition) is 2. The Bertz CT molecular complexity index is 660. The van der Waals surface area contributed by atoms with Crippen LogP contribution in [0.15, 0.2) is 48.7 Å². The molecule has 17 heavy (non-hydrogen) atoms. The molecule has 0 radical (unpaired) electrons. The second-order valence-electron chi connectivity index (χ2n) is 3.83. The largest absolute Gasteiger partial charge is 0.244 e. The molecule has 2 aromatic carbocycles. The van der Waals surface area contributed by atoms with Crippen LogP contribution in [0.25, 0.3) is 21.3 Å². The fourth-order valence-electron chi connectivity index (χ4n) is 1.83. The van der Waals surface area contributed by atoms with Crippen LogP contribution in [0.5, 0.6) is 0 Å². The number of halogens is 1. The molecule has 1 heterocycles. The number of aromatic nitrogens is 1. The maximum absolute atomic E-state index is 5.79. The van der Waals surface area contributed by atoms with Crippen LogP contribution in [0, 0.1) is 0 Å². The minimum Gasteiger partial charge on any atom is -0.244 e. The Morgan fingerprint density at radius 2 is 1.88 bits per heavy atom. The van der Waals surface area contributed by atoms with E-state index in [1.54, 1.807) is 11.3 Å². The van der Waals surface area contributed by atoms with E-state index in [-0.39, 0.29) is 0 Å². The zero-order valence-corrected chi connectivity index (χ0v) is 10.6. The Hall–Kier alpha value is -1.38. The summed E-state index contributed by atoms with van der Waals surface area (Å²) in [6.45, 7) is 0. The van der Waals surface area contributed by atoms with E-state index in [9.17, 15) is 0 Å². The molecular formula is C14H10ClNS. The second-order valence-corrected chi connectivity index (χ2v) is 5.21. The quantitative estimate of drug-likeness (QED) is 0.608. The lowest BCUT2D eigenvalue weighted by atomic mass is 10.1. The molecule has 0 aliphatic rings. The molecular weight excluding hydrogens is 250 g/mol. The van der Waals surface area contributed by atoms with E-state index in [2.05, 4.69) is 47.4 Å². The highest BCUT2D eigenvalue weighted by Crippen LogP contribution is 2.28. The highest BCUT2D eigenvalue weighted by Gasteiger charge is 2.04. The van der Waals surface area contributed by atoms with Crippen LogP contribution in [0.3, 0.4) is 0 Å². The van der Waals surface area contributed by atoms with Gasteiger partial charge in [0.25, 0.3) is 0 Å². The number of rotatable bonds is 2. The zero-order valence-electron chi connectivity index (χ0n) is 9.06. The summed E-state index contributed by atoms with van der Waals surface area (Å²) in [5.74, 6) is 0.533. The van der Waals surface area contributed by atoms with E-state index in [0.29, 0.717) is 5.88 Å². The minimum absolute atomic E-state index is 0.533. The van der Waals surface area contributed by atoms with Gasteiger partial charge in [0.05, 0.1) is 5.88 Å².